The van der Waals surface area contributed by atoms with E-state index in [4.69, 9.17) is 16.9 Å². The van der Waals surface area contributed by atoms with Gasteiger partial charge in [-0.15, -0.1) is 0 Å². The Kier molecular flexibility index (Phi) is 3.35. The van der Waals surface area contributed by atoms with Gasteiger partial charge >= 0.3 is 0 Å². The van der Waals surface area contributed by atoms with Crippen molar-refractivity contribution in [3.63, 3.8) is 0 Å². The average Bonchev–Trinajstić information content (AvgIpc) is 2.67. The maximum absolute atomic E-state index is 12.9. The molecule has 0 aliphatic carbocycles. The zero-order valence-corrected chi connectivity index (χ0v) is 10.7. The van der Waals surface area contributed by atoms with Crippen LogP contribution in [0.3, 0.4) is 0 Å². The molecule has 0 amide bonds. The first-order valence-corrected chi connectivity index (χ1v) is 5.87. The molecular formula is C13H11ClFN3. The number of nitrogens with zero attached hydrogens (tertiary/aromatic N) is 3. The Bertz CT molecular complexity index is 608. The lowest BCUT2D eigenvalue weighted by molar-refractivity contribution is 0.627. The molecule has 18 heavy (non-hydrogen) atoms. The minimum atomic E-state index is -0.327. The molecule has 0 N–H and O–H groups in total. The van der Waals surface area contributed by atoms with Crippen LogP contribution in [0.25, 0.3) is 5.69 Å². The van der Waals surface area contributed by atoms with Gasteiger partial charge in [-0.2, -0.15) is 10.4 Å². The Morgan fingerprint density at radius 2 is 1.94 bits per heavy atom. The number of benzene rings is 1. The first-order valence-electron chi connectivity index (χ1n) is 5.49. The summed E-state index contributed by atoms with van der Waals surface area (Å²) >= 11 is 6.13. The molecule has 0 bridgehead atoms. The quantitative estimate of drug-likeness (QED) is 0.830. The molecule has 1 aromatic heterocycles. The van der Waals surface area contributed by atoms with Gasteiger partial charge in [0.25, 0.3) is 0 Å². The smallest absolute Gasteiger partial charge is 0.150 e. The van der Waals surface area contributed by atoms with E-state index in [1.54, 1.807) is 12.1 Å². The van der Waals surface area contributed by atoms with E-state index in [9.17, 15) is 4.39 Å². The van der Waals surface area contributed by atoms with Crippen LogP contribution in [0.1, 0.15) is 31.0 Å². The molecule has 0 spiro atoms. The summed E-state index contributed by atoms with van der Waals surface area (Å²) in [4.78, 5) is 0. The third kappa shape index (κ3) is 2.09. The fourth-order valence-electron chi connectivity index (χ4n) is 1.67. The van der Waals surface area contributed by atoms with E-state index in [1.165, 1.54) is 16.8 Å². The van der Waals surface area contributed by atoms with Crippen LogP contribution in [0.5, 0.6) is 0 Å². The predicted molar refractivity (Wildman–Crippen MR) is 67.3 cm³/mol. The molecule has 0 fully saturated rings. The summed E-state index contributed by atoms with van der Waals surface area (Å²) < 4.78 is 14.3. The molecule has 92 valence electrons. The molecule has 3 nitrogen and oxygen atoms in total. The van der Waals surface area contributed by atoms with Crippen LogP contribution in [0.2, 0.25) is 5.15 Å². The van der Waals surface area contributed by atoms with Gasteiger partial charge in [-0.3, -0.25) is 0 Å². The highest BCUT2D eigenvalue weighted by molar-refractivity contribution is 6.31. The highest BCUT2D eigenvalue weighted by Crippen LogP contribution is 2.27. The van der Waals surface area contributed by atoms with Crippen LogP contribution < -0.4 is 0 Å². The highest BCUT2D eigenvalue weighted by Gasteiger charge is 2.19. The second-order valence-electron chi connectivity index (χ2n) is 4.21. The van der Waals surface area contributed by atoms with E-state index in [0.717, 1.165) is 0 Å². The zero-order chi connectivity index (χ0) is 13.3. The lowest BCUT2D eigenvalue weighted by Crippen LogP contribution is -1.98. The summed E-state index contributed by atoms with van der Waals surface area (Å²) in [7, 11) is 0. The molecule has 1 aromatic carbocycles. The van der Waals surface area contributed by atoms with Crippen LogP contribution in [-0.2, 0) is 0 Å². The molecule has 1 heterocycles. The van der Waals surface area contributed by atoms with Crippen molar-refractivity contribution >= 4 is 11.6 Å². The van der Waals surface area contributed by atoms with Crippen LogP contribution in [0.15, 0.2) is 24.3 Å². The Hall–Kier alpha value is -1.86. The van der Waals surface area contributed by atoms with Crippen molar-refractivity contribution in [2.24, 2.45) is 0 Å². The zero-order valence-electron chi connectivity index (χ0n) is 9.98. The van der Waals surface area contributed by atoms with Crippen molar-refractivity contribution in [3.8, 4) is 11.8 Å². The molecule has 0 saturated heterocycles. The molecule has 2 rings (SSSR count). The number of rotatable bonds is 2. The van der Waals surface area contributed by atoms with Crippen LogP contribution in [0, 0.1) is 17.1 Å². The monoisotopic (exact) mass is 263 g/mol. The predicted octanol–water partition coefficient (Wildman–Crippen LogP) is 3.66. The fourth-order valence-corrected chi connectivity index (χ4v) is 1.95. The summed E-state index contributed by atoms with van der Waals surface area (Å²) in [6.45, 7) is 3.88. The third-order valence-electron chi connectivity index (χ3n) is 2.59. The summed E-state index contributed by atoms with van der Waals surface area (Å²) in [6.07, 6.45) is 0. The van der Waals surface area contributed by atoms with Gasteiger partial charge in [0.05, 0.1) is 11.4 Å². The summed E-state index contributed by atoms with van der Waals surface area (Å²) in [5.74, 6) is -0.231. The molecule has 5 heteroatoms. The average molecular weight is 264 g/mol. The van der Waals surface area contributed by atoms with E-state index in [1.807, 2.05) is 13.8 Å². The van der Waals surface area contributed by atoms with E-state index in [2.05, 4.69) is 11.2 Å². The lowest BCUT2D eigenvalue weighted by Gasteiger charge is -2.02. The lowest BCUT2D eigenvalue weighted by atomic mass is 10.1. The van der Waals surface area contributed by atoms with Gasteiger partial charge < -0.3 is 0 Å². The molecule has 0 radical (unpaired) electrons. The van der Waals surface area contributed by atoms with Crippen LogP contribution >= 0.6 is 11.6 Å². The van der Waals surface area contributed by atoms with Gasteiger partial charge in [0.15, 0.2) is 5.15 Å². The number of hydrogen-bond acceptors (Lipinski definition) is 2. The Balaban J connectivity index is 2.59. The Morgan fingerprint density at radius 1 is 1.33 bits per heavy atom. The molecule has 0 atom stereocenters. The van der Waals surface area contributed by atoms with Gasteiger partial charge in [0.1, 0.15) is 17.4 Å². The topological polar surface area (TPSA) is 41.6 Å². The van der Waals surface area contributed by atoms with Crippen molar-refractivity contribution in [1.82, 2.24) is 9.78 Å². The molecule has 0 unspecified atom stereocenters. The number of aromatic nitrogens is 2. The number of hydrogen-bond donors (Lipinski definition) is 0. The van der Waals surface area contributed by atoms with E-state index >= 15 is 0 Å². The summed E-state index contributed by atoms with van der Waals surface area (Å²) in [5.41, 5.74) is 1.65. The molecule has 0 aliphatic heterocycles. The van der Waals surface area contributed by atoms with Crippen molar-refractivity contribution < 1.29 is 4.39 Å². The van der Waals surface area contributed by atoms with Gasteiger partial charge in [-0.1, -0.05) is 25.4 Å². The minimum Gasteiger partial charge on any atom is -0.221 e. The standard InChI is InChI=1S/C13H11ClFN3/c1-8(2)12-11(7-16)13(14)18(17-12)10-5-3-9(15)4-6-10/h3-6,8H,1-2H3. The third-order valence-corrected chi connectivity index (χ3v) is 2.94. The normalized spacial score (nSPS) is 10.7. The van der Waals surface area contributed by atoms with Crippen molar-refractivity contribution in [3.05, 3.63) is 46.5 Å². The first-order chi connectivity index (χ1) is 8.54. The largest absolute Gasteiger partial charge is 0.221 e. The fraction of sp³-hybridized carbons (Fsp3) is 0.231. The second kappa shape index (κ2) is 4.79. The maximum Gasteiger partial charge on any atom is 0.150 e. The van der Waals surface area contributed by atoms with Crippen molar-refractivity contribution in [2.75, 3.05) is 0 Å². The van der Waals surface area contributed by atoms with Crippen LogP contribution in [-0.4, -0.2) is 9.78 Å². The maximum atomic E-state index is 12.9. The van der Waals surface area contributed by atoms with E-state index < -0.39 is 0 Å². The molecule has 0 saturated carbocycles. The van der Waals surface area contributed by atoms with Crippen molar-refractivity contribution in [1.29, 1.82) is 5.26 Å². The highest BCUT2D eigenvalue weighted by atomic mass is 35.5. The minimum absolute atomic E-state index is 0.0962. The Labute approximate surface area is 109 Å². The summed E-state index contributed by atoms with van der Waals surface area (Å²) in [6, 6.07) is 7.85. The van der Waals surface area contributed by atoms with Gasteiger partial charge in [0.2, 0.25) is 0 Å². The second-order valence-corrected chi connectivity index (χ2v) is 4.56. The summed E-state index contributed by atoms with van der Waals surface area (Å²) in [5, 5.41) is 13.7. The molecular weight excluding hydrogens is 253 g/mol. The van der Waals surface area contributed by atoms with Crippen LogP contribution in [0.4, 0.5) is 4.39 Å². The van der Waals surface area contributed by atoms with Crippen molar-refractivity contribution in [2.45, 2.75) is 19.8 Å². The van der Waals surface area contributed by atoms with Gasteiger partial charge in [-0.05, 0) is 30.2 Å². The molecule has 0 aliphatic rings. The van der Waals surface area contributed by atoms with E-state index in [-0.39, 0.29) is 16.9 Å². The molecule has 2 aromatic rings. The van der Waals surface area contributed by atoms with E-state index in [0.29, 0.717) is 16.9 Å². The number of halogens is 2. The Morgan fingerprint density at radius 3 is 2.39 bits per heavy atom. The SMILES string of the molecule is CC(C)c1nn(-c2ccc(F)cc2)c(Cl)c1C#N. The number of nitriles is 1. The van der Waals surface area contributed by atoms with Gasteiger partial charge in [0, 0.05) is 0 Å². The van der Waals surface area contributed by atoms with Gasteiger partial charge in [-0.25, -0.2) is 9.07 Å². The first kappa shape index (κ1) is 12.6.